The van der Waals surface area contributed by atoms with Crippen molar-refractivity contribution >= 4 is 11.8 Å². The number of nitrogens with one attached hydrogen (secondary N) is 1. The quantitative estimate of drug-likeness (QED) is 0.850. The summed E-state index contributed by atoms with van der Waals surface area (Å²) in [4.78, 5) is 27.6. The van der Waals surface area contributed by atoms with E-state index in [-0.39, 0.29) is 29.6 Å². The average molecular weight is 358 g/mol. The molecule has 1 aromatic carbocycles. The summed E-state index contributed by atoms with van der Waals surface area (Å²) >= 11 is 0. The largest absolute Gasteiger partial charge is 0.497 e. The van der Waals surface area contributed by atoms with Gasteiger partial charge in [-0.05, 0) is 37.0 Å². The summed E-state index contributed by atoms with van der Waals surface area (Å²) in [6.45, 7) is 3.86. The van der Waals surface area contributed by atoms with Crippen LogP contribution in [-0.2, 0) is 9.59 Å². The van der Waals surface area contributed by atoms with Gasteiger partial charge in [-0.25, -0.2) is 0 Å². The van der Waals surface area contributed by atoms with E-state index >= 15 is 0 Å². The van der Waals surface area contributed by atoms with Crippen molar-refractivity contribution in [3.8, 4) is 5.75 Å². The Bertz CT molecular complexity index is 640. The Kier molecular flexibility index (Phi) is 6.17. The fourth-order valence-corrected chi connectivity index (χ4v) is 4.27. The summed E-state index contributed by atoms with van der Waals surface area (Å²) in [6, 6.07) is 7.90. The minimum Gasteiger partial charge on any atom is -0.497 e. The van der Waals surface area contributed by atoms with Crippen molar-refractivity contribution in [2.75, 3.05) is 26.7 Å². The Hall–Kier alpha value is -2.04. The van der Waals surface area contributed by atoms with Gasteiger partial charge in [-0.15, -0.1) is 0 Å². The SMILES string of the molecule is CCCNC(=O)[C@@H]1CN(C(=O)C2CCCC2)C[C@H]1c1cccc(OC)c1. The third-order valence-electron chi connectivity index (χ3n) is 5.74. The molecule has 1 aromatic rings. The van der Waals surface area contributed by atoms with Gasteiger partial charge in [0, 0.05) is 31.5 Å². The van der Waals surface area contributed by atoms with Crippen molar-refractivity contribution in [3.63, 3.8) is 0 Å². The molecular weight excluding hydrogens is 328 g/mol. The molecule has 2 fully saturated rings. The van der Waals surface area contributed by atoms with E-state index in [4.69, 9.17) is 4.74 Å². The highest BCUT2D eigenvalue weighted by Crippen LogP contribution is 2.36. The van der Waals surface area contributed by atoms with Crippen molar-refractivity contribution in [3.05, 3.63) is 29.8 Å². The second kappa shape index (κ2) is 8.56. The lowest BCUT2D eigenvalue weighted by molar-refractivity contribution is -0.134. The van der Waals surface area contributed by atoms with Crippen molar-refractivity contribution in [2.24, 2.45) is 11.8 Å². The number of carbonyl (C=O) groups is 2. The van der Waals surface area contributed by atoms with E-state index in [0.717, 1.165) is 43.4 Å². The van der Waals surface area contributed by atoms with Gasteiger partial charge in [-0.2, -0.15) is 0 Å². The molecule has 2 atom stereocenters. The van der Waals surface area contributed by atoms with E-state index in [0.29, 0.717) is 19.6 Å². The number of likely N-dealkylation sites (tertiary alicyclic amines) is 1. The summed E-state index contributed by atoms with van der Waals surface area (Å²) in [5.74, 6) is 1.06. The smallest absolute Gasteiger partial charge is 0.225 e. The van der Waals surface area contributed by atoms with Crippen LogP contribution in [0.15, 0.2) is 24.3 Å². The maximum Gasteiger partial charge on any atom is 0.225 e. The lowest BCUT2D eigenvalue weighted by atomic mass is 9.88. The lowest BCUT2D eigenvalue weighted by Gasteiger charge is -2.20. The number of nitrogens with zero attached hydrogens (tertiary/aromatic N) is 1. The van der Waals surface area contributed by atoms with Gasteiger partial charge < -0.3 is 15.0 Å². The second-order valence-electron chi connectivity index (χ2n) is 7.51. The lowest BCUT2D eigenvalue weighted by Crippen LogP contribution is -2.37. The number of carbonyl (C=O) groups excluding carboxylic acids is 2. The molecule has 0 spiro atoms. The van der Waals surface area contributed by atoms with E-state index < -0.39 is 0 Å². The zero-order valence-corrected chi connectivity index (χ0v) is 15.9. The third kappa shape index (κ3) is 4.02. The van der Waals surface area contributed by atoms with Gasteiger partial charge in [0.1, 0.15) is 5.75 Å². The van der Waals surface area contributed by atoms with Crippen molar-refractivity contribution in [2.45, 2.75) is 44.9 Å². The van der Waals surface area contributed by atoms with Gasteiger partial charge in [0.2, 0.25) is 11.8 Å². The average Bonchev–Trinajstić information content (AvgIpc) is 3.35. The number of methoxy groups -OCH3 is 1. The molecule has 1 heterocycles. The van der Waals surface area contributed by atoms with Gasteiger partial charge in [-0.3, -0.25) is 9.59 Å². The molecule has 2 amide bonds. The molecule has 142 valence electrons. The van der Waals surface area contributed by atoms with E-state index in [9.17, 15) is 9.59 Å². The molecule has 5 nitrogen and oxygen atoms in total. The van der Waals surface area contributed by atoms with Crippen LogP contribution in [0.5, 0.6) is 5.75 Å². The molecule has 26 heavy (non-hydrogen) atoms. The van der Waals surface area contributed by atoms with Crippen LogP contribution in [0, 0.1) is 11.8 Å². The van der Waals surface area contributed by atoms with Gasteiger partial charge >= 0.3 is 0 Å². The van der Waals surface area contributed by atoms with Gasteiger partial charge in [0.05, 0.1) is 13.0 Å². The van der Waals surface area contributed by atoms with E-state index in [1.165, 1.54) is 0 Å². The zero-order chi connectivity index (χ0) is 18.5. The van der Waals surface area contributed by atoms with E-state index in [2.05, 4.69) is 5.32 Å². The topological polar surface area (TPSA) is 58.6 Å². The number of ether oxygens (including phenoxy) is 1. The first kappa shape index (κ1) is 18.7. The van der Waals surface area contributed by atoms with Crippen LogP contribution in [0.1, 0.15) is 50.5 Å². The van der Waals surface area contributed by atoms with Crippen LogP contribution in [0.3, 0.4) is 0 Å². The van der Waals surface area contributed by atoms with Crippen LogP contribution in [-0.4, -0.2) is 43.5 Å². The number of benzene rings is 1. The van der Waals surface area contributed by atoms with Gasteiger partial charge in [0.25, 0.3) is 0 Å². The maximum absolute atomic E-state index is 12.9. The molecule has 0 aromatic heterocycles. The van der Waals surface area contributed by atoms with Crippen LogP contribution in [0.4, 0.5) is 0 Å². The Morgan fingerprint density at radius 2 is 2.00 bits per heavy atom. The predicted molar refractivity (Wildman–Crippen MR) is 101 cm³/mol. The third-order valence-corrected chi connectivity index (χ3v) is 5.74. The molecule has 1 N–H and O–H groups in total. The first-order chi connectivity index (χ1) is 12.6. The number of rotatable bonds is 6. The number of hydrogen-bond donors (Lipinski definition) is 1. The molecule has 3 rings (SSSR count). The van der Waals surface area contributed by atoms with Crippen LogP contribution < -0.4 is 10.1 Å². The second-order valence-corrected chi connectivity index (χ2v) is 7.51. The monoisotopic (exact) mass is 358 g/mol. The molecule has 5 heteroatoms. The Balaban J connectivity index is 1.80. The van der Waals surface area contributed by atoms with Crippen molar-refractivity contribution in [1.82, 2.24) is 10.2 Å². The van der Waals surface area contributed by atoms with Crippen LogP contribution in [0.2, 0.25) is 0 Å². The summed E-state index contributed by atoms with van der Waals surface area (Å²) in [7, 11) is 1.65. The first-order valence-electron chi connectivity index (χ1n) is 9.84. The van der Waals surface area contributed by atoms with Crippen molar-refractivity contribution < 1.29 is 14.3 Å². The Morgan fingerprint density at radius 3 is 2.69 bits per heavy atom. The molecule has 1 aliphatic heterocycles. The molecule has 0 bridgehead atoms. The van der Waals surface area contributed by atoms with Gasteiger partial charge in [0.15, 0.2) is 0 Å². The molecule has 1 saturated carbocycles. The Morgan fingerprint density at radius 1 is 1.23 bits per heavy atom. The van der Waals surface area contributed by atoms with Gasteiger partial charge in [-0.1, -0.05) is 31.9 Å². The highest BCUT2D eigenvalue weighted by molar-refractivity contribution is 5.84. The number of hydrogen-bond acceptors (Lipinski definition) is 3. The zero-order valence-electron chi connectivity index (χ0n) is 15.9. The molecule has 1 saturated heterocycles. The summed E-state index contributed by atoms with van der Waals surface area (Å²) in [6.07, 6.45) is 5.18. The predicted octanol–water partition coefficient (Wildman–Crippen LogP) is 2.95. The number of amides is 2. The highest BCUT2D eigenvalue weighted by Gasteiger charge is 2.42. The fraction of sp³-hybridized carbons (Fsp3) is 0.619. The molecule has 1 aliphatic carbocycles. The van der Waals surface area contributed by atoms with E-state index in [1.807, 2.05) is 36.1 Å². The molecule has 0 radical (unpaired) electrons. The summed E-state index contributed by atoms with van der Waals surface area (Å²) in [5.41, 5.74) is 1.07. The molecule has 2 aliphatic rings. The maximum atomic E-state index is 12.9. The standard InChI is InChI=1S/C21H30N2O3/c1-3-11-22-20(24)19-14-23(21(25)15-7-4-5-8-15)13-18(19)16-9-6-10-17(12-16)26-2/h6,9-10,12,15,18-19H,3-5,7-8,11,13-14H2,1-2H3,(H,22,24)/t18-,19+/m0/s1. The van der Waals surface area contributed by atoms with Crippen molar-refractivity contribution in [1.29, 1.82) is 0 Å². The minimum absolute atomic E-state index is 0.0207. The summed E-state index contributed by atoms with van der Waals surface area (Å²) in [5, 5.41) is 3.02. The van der Waals surface area contributed by atoms with E-state index in [1.54, 1.807) is 7.11 Å². The highest BCUT2D eigenvalue weighted by atomic mass is 16.5. The summed E-state index contributed by atoms with van der Waals surface area (Å²) < 4.78 is 5.35. The molecule has 0 unspecified atom stereocenters. The minimum atomic E-state index is -0.195. The Labute approximate surface area is 156 Å². The van der Waals surface area contributed by atoms with Crippen LogP contribution >= 0.6 is 0 Å². The molecular formula is C21H30N2O3. The first-order valence-corrected chi connectivity index (χ1v) is 9.84. The van der Waals surface area contributed by atoms with Crippen LogP contribution in [0.25, 0.3) is 0 Å². The normalized spacial score (nSPS) is 23.2. The fourth-order valence-electron chi connectivity index (χ4n) is 4.27.